The highest BCUT2D eigenvalue weighted by Crippen LogP contribution is 2.18. The minimum Gasteiger partial charge on any atom is -0.487 e. The van der Waals surface area contributed by atoms with Crippen molar-refractivity contribution in [1.29, 1.82) is 0 Å². The lowest BCUT2D eigenvalue weighted by molar-refractivity contribution is 0.294. The molecule has 0 saturated heterocycles. The lowest BCUT2D eigenvalue weighted by Gasteiger charge is -2.12. The number of aryl methyl sites for hydroxylation is 1. The maximum absolute atomic E-state index is 5.82. The molecule has 1 unspecified atom stereocenters. The third-order valence-corrected chi connectivity index (χ3v) is 3.46. The molecule has 0 fully saturated rings. The van der Waals surface area contributed by atoms with Crippen molar-refractivity contribution in [2.75, 3.05) is 7.05 Å². The van der Waals surface area contributed by atoms with E-state index in [1.807, 2.05) is 31.7 Å². The Balaban J connectivity index is 1.95. The van der Waals surface area contributed by atoms with Crippen molar-refractivity contribution in [3.05, 3.63) is 48.0 Å². The summed E-state index contributed by atoms with van der Waals surface area (Å²) in [5, 5.41) is 3.22. The fourth-order valence-corrected chi connectivity index (χ4v) is 2.09. The molecule has 4 heteroatoms. The van der Waals surface area contributed by atoms with E-state index in [0.717, 1.165) is 24.4 Å². The van der Waals surface area contributed by atoms with Crippen molar-refractivity contribution in [1.82, 2.24) is 14.9 Å². The molecule has 0 saturated carbocycles. The predicted octanol–water partition coefficient (Wildman–Crippen LogP) is 3.15. The highest BCUT2D eigenvalue weighted by molar-refractivity contribution is 5.29. The molecule has 2 aromatic rings. The van der Waals surface area contributed by atoms with Crippen LogP contribution in [0.1, 0.15) is 37.6 Å². The fraction of sp³-hybridized carbons (Fsp3) is 0.438. The summed E-state index contributed by atoms with van der Waals surface area (Å²) in [7, 11) is 1.96. The van der Waals surface area contributed by atoms with Gasteiger partial charge in [0.25, 0.3) is 0 Å². The smallest absolute Gasteiger partial charge is 0.130 e. The molecule has 2 rings (SSSR count). The van der Waals surface area contributed by atoms with Crippen LogP contribution in [0.5, 0.6) is 5.75 Å². The van der Waals surface area contributed by atoms with Crippen molar-refractivity contribution in [3.63, 3.8) is 0 Å². The number of ether oxygens (including phenoxy) is 1. The van der Waals surface area contributed by atoms with Crippen molar-refractivity contribution in [2.45, 2.75) is 39.5 Å². The first-order valence-corrected chi connectivity index (χ1v) is 7.13. The molecule has 20 heavy (non-hydrogen) atoms. The van der Waals surface area contributed by atoms with E-state index in [2.05, 4.69) is 40.8 Å². The van der Waals surface area contributed by atoms with Gasteiger partial charge in [-0.25, -0.2) is 4.98 Å². The van der Waals surface area contributed by atoms with Crippen LogP contribution in [-0.4, -0.2) is 16.6 Å². The molecule has 1 heterocycles. The third kappa shape index (κ3) is 3.61. The van der Waals surface area contributed by atoms with Gasteiger partial charge in [-0.15, -0.1) is 0 Å². The normalized spacial score (nSPS) is 12.3. The minimum atomic E-state index is 0.357. The van der Waals surface area contributed by atoms with E-state index in [0.29, 0.717) is 12.6 Å². The van der Waals surface area contributed by atoms with Crippen LogP contribution in [0, 0.1) is 0 Å². The quantitative estimate of drug-likeness (QED) is 0.842. The molecule has 0 radical (unpaired) electrons. The number of benzene rings is 1. The number of imidazole rings is 1. The molecular weight excluding hydrogens is 250 g/mol. The largest absolute Gasteiger partial charge is 0.487 e. The van der Waals surface area contributed by atoms with Crippen molar-refractivity contribution >= 4 is 0 Å². The second-order valence-electron chi connectivity index (χ2n) is 4.95. The number of hydrogen-bond donors (Lipinski definition) is 1. The van der Waals surface area contributed by atoms with E-state index in [9.17, 15) is 0 Å². The maximum Gasteiger partial charge on any atom is 0.130 e. The van der Waals surface area contributed by atoms with Gasteiger partial charge in [0.05, 0.1) is 18.2 Å². The Morgan fingerprint density at radius 3 is 2.70 bits per heavy atom. The van der Waals surface area contributed by atoms with Crippen LogP contribution in [0.4, 0.5) is 0 Å². The number of hydrogen-bond acceptors (Lipinski definition) is 3. The van der Waals surface area contributed by atoms with Gasteiger partial charge in [-0.05, 0) is 38.1 Å². The summed E-state index contributed by atoms with van der Waals surface area (Å²) in [5.41, 5.74) is 2.37. The monoisotopic (exact) mass is 273 g/mol. The highest BCUT2D eigenvalue weighted by atomic mass is 16.5. The number of nitrogens with zero attached hydrogens (tertiary/aromatic N) is 2. The zero-order valence-corrected chi connectivity index (χ0v) is 12.5. The van der Waals surface area contributed by atoms with Gasteiger partial charge >= 0.3 is 0 Å². The second-order valence-corrected chi connectivity index (χ2v) is 4.95. The second kappa shape index (κ2) is 7.10. The first kappa shape index (κ1) is 14.6. The summed E-state index contributed by atoms with van der Waals surface area (Å²) in [4.78, 5) is 4.18. The Bertz CT molecular complexity index is 519. The zero-order valence-electron chi connectivity index (χ0n) is 12.5. The number of nitrogens with one attached hydrogen (secondary N) is 1. The van der Waals surface area contributed by atoms with Crippen LogP contribution in [-0.2, 0) is 13.2 Å². The summed E-state index contributed by atoms with van der Waals surface area (Å²) in [6.07, 6.45) is 4.83. The van der Waals surface area contributed by atoms with Gasteiger partial charge in [-0.1, -0.05) is 19.1 Å². The average Bonchev–Trinajstić information content (AvgIpc) is 2.92. The molecule has 1 aromatic carbocycles. The molecule has 4 nitrogen and oxygen atoms in total. The Hall–Kier alpha value is -1.81. The van der Waals surface area contributed by atoms with Crippen LogP contribution in [0.25, 0.3) is 0 Å². The van der Waals surface area contributed by atoms with Gasteiger partial charge < -0.3 is 14.6 Å². The van der Waals surface area contributed by atoms with Gasteiger partial charge in [-0.3, -0.25) is 0 Å². The van der Waals surface area contributed by atoms with E-state index < -0.39 is 0 Å². The molecule has 0 aliphatic carbocycles. The standard InChI is InChI=1S/C16H23N3O/c1-4-9-19-12-18-10-15(19)11-20-16-7-5-14(6-8-16)13(2)17-3/h5-8,10,12-13,17H,4,9,11H2,1-3H3. The molecule has 108 valence electrons. The SMILES string of the molecule is CCCn1cncc1COc1ccc(C(C)NC)cc1. The van der Waals surface area contributed by atoms with Crippen molar-refractivity contribution < 1.29 is 4.74 Å². The first-order chi connectivity index (χ1) is 9.74. The van der Waals surface area contributed by atoms with E-state index >= 15 is 0 Å². The summed E-state index contributed by atoms with van der Waals surface area (Å²) < 4.78 is 7.96. The molecule has 1 aromatic heterocycles. The lowest BCUT2D eigenvalue weighted by atomic mass is 10.1. The van der Waals surface area contributed by atoms with E-state index in [1.165, 1.54) is 5.56 Å². The molecule has 0 bridgehead atoms. The zero-order chi connectivity index (χ0) is 14.4. The fourth-order valence-electron chi connectivity index (χ4n) is 2.09. The van der Waals surface area contributed by atoms with Gasteiger partial charge in [0.2, 0.25) is 0 Å². The number of rotatable bonds is 7. The van der Waals surface area contributed by atoms with Crippen molar-refractivity contribution in [2.24, 2.45) is 0 Å². The Kier molecular flexibility index (Phi) is 5.18. The van der Waals surface area contributed by atoms with E-state index in [-0.39, 0.29) is 0 Å². The van der Waals surface area contributed by atoms with E-state index in [1.54, 1.807) is 0 Å². The van der Waals surface area contributed by atoms with Crippen LogP contribution in [0.2, 0.25) is 0 Å². The summed E-state index contributed by atoms with van der Waals surface area (Å²) in [5.74, 6) is 0.890. The van der Waals surface area contributed by atoms with Gasteiger partial charge in [0.15, 0.2) is 0 Å². The Labute approximate surface area is 120 Å². The summed E-state index contributed by atoms with van der Waals surface area (Å²) >= 11 is 0. The Morgan fingerprint density at radius 2 is 2.05 bits per heavy atom. The molecular formula is C16H23N3O. The number of aromatic nitrogens is 2. The average molecular weight is 273 g/mol. The molecule has 0 aliphatic rings. The van der Waals surface area contributed by atoms with Gasteiger partial charge in [-0.2, -0.15) is 0 Å². The van der Waals surface area contributed by atoms with Crippen molar-refractivity contribution in [3.8, 4) is 5.75 Å². The van der Waals surface area contributed by atoms with Gasteiger partial charge in [0.1, 0.15) is 12.4 Å². The van der Waals surface area contributed by atoms with Crippen LogP contribution in [0.15, 0.2) is 36.8 Å². The molecule has 1 atom stereocenters. The van der Waals surface area contributed by atoms with E-state index in [4.69, 9.17) is 4.74 Å². The molecule has 0 spiro atoms. The van der Waals surface area contributed by atoms with Crippen LogP contribution in [0.3, 0.4) is 0 Å². The predicted molar refractivity (Wildman–Crippen MR) is 80.8 cm³/mol. The molecule has 0 aliphatic heterocycles. The highest BCUT2D eigenvalue weighted by Gasteiger charge is 2.04. The summed E-state index contributed by atoms with van der Waals surface area (Å²) in [6.45, 7) is 5.84. The van der Waals surface area contributed by atoms with Crippen LogP contribution >= 0.6 is 0 Å². The Morgan fingerprint density at radius 1 is 1.30 bits per heavy atom. The molecule has 0 amide bonds. The van der Waals surface area contributed by atoms with Gasteiger partial charge in [0, 0.05) is 12.6 Å². The summed E-state index contributed by atoms with van der Waals surface area (Å²) in [6, 6.07) is 8.59. The first-order valence-electron chi connectivity index (χ1n) is 7.13. The third-order valence-electron chi connectivity index (χ3n) is 3.46. The minimum absolute atomic E-state index is 0.357. The molecule has 1 N–H and O–H groups in total. The maximum atomic E-state index is 5.82. The topological polar surface area (TPSA) is 39.1 Å². The lowest BCUT2D eigenvalue weighted by Crippen LogP contribution is -2.12. The van der Waals surface area contributed by atoms with Crippen LogP contribution < -0.4 is 10.1 Å².